The van der Waals surface area contributed by atoms with Crippen LogP contribution in [-0.4, -0.2) is 68.7 Å². The highest BCUT2D eigenvalue weighted by molar-refractivity contribution is 5.92. The molecule has 4 aromatic rings. The fourth-order valence-corrected chi connectivity index (χ4v) is 5.77. The number of phenolic OH excluding ortho intramolecular Hbond substituents is 1. The second-order valence-corrected chi connectivity index (χ2v) is 10.4. The minimum atomic E-state index is -0.824. The van der Waals surface area contributed by atoms with Crippen LogP contribution in [-0.2, 0) is 24.3 Å². The Hall–Kier alpha value is -5.05. The SMILES string of the molecule is CN1C(=O)N2[C@@H](Cc3ccc(O)cc3)C(=O)N(Cc3cccc4ccccc34)C[C@@H]2N1C(=O)NCc1ccccc1. The van der Waals surface area contributed by atoms with E-state index < -0.39 is 24.3 Å². The number of hydrogen-bond donors (Lipinski definition) is 2. The lowest BCUT2D eigenvalue weighted by Crippen LogP contribution is -2.64. The Morgan fingerprint density at radius 1 is 0.878 bits per heavy atom. The Balaban J connectivity index is 1.33. The number of rotatable bonds is 6. The van der Waals surface area contributed by atoms with Crippen molar-refractivity contribution in [3.63, 3.8) is 0 Å². The smallest absolute Gasteiger partial charge is 0.341 e. The molecule has 9 heteroatoms. The zero-order chi connectivity index (χ0) is 28.5. The van der Waals surface area contributed by atoms with Crippen LogP contribution in [0.1, 0.15) is 16.7 Å². The molecule has 2 N–H and O–H groups in total. The zero-order valence-electron chi connectivity index (χ0n) is 22.7. The van der Waals surface area contributed by atoms with Crippen molar-refractivity contribution in [2.75, 3.05) is 13.6 Å². The molecule has 0 saturated carbocycles. The first-order chi connectivity index (χ1) is 19.9. The number of amides is 5. The van der Waals surface area contributed by atoms with Crippen molar-refractivity contribution in [1.29, 1.82) is 0 Å². The fraction of sp³-hybridized carbons (Fsp3) is 0.219. The van der Waals surface area contributed by atoms with E-state index in [4.69, 9.17) is 0 Å². The van der Waals surface area contributed by atoms with Crippen molar-refractivity contribution in [3.05, 3.63) is 114 Å². The highest BCUT2D eigenvalue weighted by atomic mass is 16.3. The van der Waals surface area contributed by atoms with Gasteiger partial charge in [-0.2, -0.15) is 0 Å². The summed E-state index contributed by atoms with van der Waals surface area (Å²) in [5.41, 5.74) is 2.73. The number of nitrogens with zero attached hydrogens (tertiary/aromatic N) is 4. The maximum atomic E-state index is 14.1. The molecule has 0 spiro atoms. The minimum absolute atomic E-state index is 0.123. The summed E-state index contributed by atoms with van der Waals surface area (Å²) in [5.74, 6) is -0.0621. The topological polar surface area (TPSA) is 96.4 Å². The Morgan fingerprint density at radius 3 is 2.37 bits per heavy atom. The second kappa shape index (κ2) is 10.8. The molecule has 2 heterocycles. The van der Waals surface area contributed by atoms with E-state index in [-0.39, 0.29) is 24.6 Å². The fourth-order valence-electron chi connectivity index (χ4n) is 5.77. The normalized spacial score (nSPS) is 18.7. The molecule has 2 saturated heterocycles. The van der Waals surface area contributed by atoms with Crippen molar-refractivity contribution in [1.82, 2.24) is 25.1 Å². The maximum absolute atomic E-state index is 14.1. The molecular formula is C32H31N5O4. The van der Waals surface area contributed by atoms with Gasteiger partial charge in [-0.25, -0.2) is 19.6 Å². The molecule has 2 aliphatic heterocycles. The molecule has 208 valence electrons. The molecular weight excluding hydrogens is 518 g/mol. The van der Waals surface area contributed by atoms with Crippen LogP contribution in [0, 0.1) is 0 Å². The number of nitrogens with one attached hydrogen (secondary N) is 1. The van der Waals surface area contributed by atoms with Crippen LogP contribution in [0.3, 0.4) is 0 Å². The molecule has 2 atom stereocenters. The lowest BCUT2D eigenvalue weighted by Gasteiger charge is -2.43. The Kier molecular flexibility index (Phi) is 6.93. The number of hydrazine groups is 1. The highest BCUT2D eigenvalue weighted by Gasteiger charge is 2.54. The molecule has 4 aromatic carbocycles. The van der Waals surface area contributed by atoms with Crippen molar-refractivity contribution in [3.8, 4) is 5.75 Å². The molecule has 0 aromatic heterocycles. The summed E-state index contributed by atoms with van der Waals surface area (Å²) >= 11 is 0. The predicted molar refractivity (Wildman–Crippen MR) is 154 cm³/mol. The predicted octanol–water partition coefficient (Wildman–Crippen LogP) is 4.32. The van der Waals surface area contributed by atoms with Gasteiger partial charge in [0.2, 0.25) is 5.91 Å². The summed E-state index contributed by atoms with van der Waals surface area (Å²) in [4.78, 5) is 44.4. The Labute approximate surface area is 238 Å². The third-order valence-corrected chi connectivity index (χ3v) is 7.84. The number of phenols is 1. The van der Waals surface area contributed by atoms with Gasteiger partial charge in [0, 0.05) is 26.6 Å². The van der Waals surface area contributed by atoms with Crippen molar-refractivity contribution in [2.45, 2.75) is 31.7 Å². The van der Waals surface area contributed by atoms with Crippen molar-refractivity contribution in [2.24, 2.45) is 0 Å². The largest absolute Gasteiger partial charge is 0.508 e. The Morgan fingerprint density at radius 2 is 1.59 bits per heavy atom. The number of urea groups is 2. The molecule has 2 fully saturated rings. The maximum Gasteiger partial charge on any atom is 0.341 e. The molecule has 5 amide bonds. The lowest BCUT2D eigenvalue weighted by atomic mass is 9.99. The zero-order valence-corrected chi connectivity index (χ0v) is 22.7. The van der Waals surface area contributed by atoms with Gasteiger partial charge in [-0.1, -0.05) is 84.9 Å². The Bertz CT molecular complexity index is 1590. The molecule has 41 heavy (non-hydrogen) atoms. The van der Waals surface area contributed by atoms with Crippen LogP contribution < -0.4 is 5.32 Å². The van der Waals surface area contributed by atoms with Gasteiger partial charge < -0.3 is 15.3 Å². The summed E-state index contributed by atoms with van der Waals surface area (Å²) in [6.45, 7) is 0.817. The third-order valence-electron chi connectivity index (χ3n) is 7.84. The molecule has 0 radical (unpaired) electrons. The number of carbonyl (C=O) groups excluding carboxylic acids is 3. The van der Waals surface area contributed by atoms with Gasteiger partial charge in [-0.05, 0) is 39.6 Å². The molecule has 0 aliphatic carbocycles. The van der Waals surface area contributed by atoms with E-state index in [0.29, 0.717) is 13.1 Å². The minimum Gasteiger partial charge on any atom is -0.508 e. The van der Waals surface area contributed by atoms with Crippen LogP contribution in [0.25, 0.3) is 10.8 Å². The number of piperazine rings is 1. The van der Waals surface area contributed by atoms with E-state index in [1.54, 1.807) is 36.2 Å². The summed E-state index contributed by atoms with van der Waals surface area (Å²) in [5, 5.41) is 17.5. The van der Waals surface area contributed by atoms with E-state index in [9.17, 15) is 19.5 Å². The van der Waals surface area contributed by atoms with Crippen molar-refractivity contribution >= 4 is 28.7 Å². The van der Waals surface area contributed by atoms with Crippen LogP contribution in [0.15, 0.2) is 97.1 Å². The summed E-state index contributed by atoms with van der Waals surface area (Å²) in [6.07, 6.45) is -0.432. The van der Waals surface area contributed by atoms with Crippen molar-refractivity contribution < 1.29 is 19.5 Å². The first-order valence-electron chi connectivity index (χ1n) is 13.6. The van der Waals surface area contributed by atoms with Gasteiger partial charge in [0.05, 0.1) is 6.54 Å². The van der Waals surface area contributed by atoms with Gasteiger partial charge in [-0.3, -0.25) is 9.69 Å². The molecule has 9 nitrogen and oxygen atoms in total. The summed E-state index contributed by atoms with van der Waals surface area (Å²) in [6, 6.07) is 28.6. The summed E-state index contributed by atoms with van der Waals surface area (Å²) < 4.78 is 0. The van der Waals surface area contributed by atoms with Crippen LogP contribution >= 0.6 is 0 Å². The summed E-state index contributed by atoms with van der Waals surface area (Å²) in [7, 11) is 1.56. The third kappa shape index (κ3) is 5.02. The molecule has 0 unspecified atom stereocenters. The van der Waals surface area contributed by atoms with Gasteiger partial charge in [-0.15, -0.1) is 0 Å². The van der Waals surface area contributed by atoms with E-state index >= 15 is 0 Å². The molecule has 6 rings (SSSR count). The number of aromatic hydroxyl groups is 1. The first kappa shape index (κ1) is 26.2. The number of benzene rings is 4. The molecule has 2 aliphatic rings. The monoisotopic (exact) mass is 549 g/mol. The van der Waals surface area contributed by atoms with E-state index in [0.717, 1.165) is 27.5 Å². The van der Waals surface area contributed by atoms with Gasteiger partial charge in [0.15, 0.2) is 0 Å². The number of hydrogen-bond acceptors (Lipinski definition) is 4. The van der Waals surface area contributed by atoms with Crippen LogP contribution in [0.2, 0.25) is 0 Å². The van der Waals surface area contributed by atoms with Crippen LogP contribution in [0.4, 0.5) is 9.59 Å². The average molecular weight is 550 g/mol. The van der Waals surface area contributed by atoms with E-state index in [1.807, 2.05) is 72.8 Å². The van der Waals surface area contributed by atoms with Gasteiger partial charge in [0.25, 0.3) is 0 Å². The lowest BCUT2D eigenvalue weighted by molar-refractivity contribution is -0.145. The average Bonchev–Trinajstić information content (AvgIpc) is 3.24. The number of carbonyl (C=O) groups is 3. The van der Waals surface area contributed by atoms with E-state index in [2.05, 4.69) is 5.32 Å². The number of fused-ring (bicyclic) bond motifs is 2. The standard InChI is InChI=1S/C32H31N5O4/c1-34-32(41)36-28(18-22-14-16-26(38)17-15-22)30(39)35(20-25-12-7-11-24-10-5-6-13-27(24)25)21-29(36)37(34)31(40)33-19-23-8-3-2-4-9-23/h2-17,28-29,38H,18-21H2,1H3,(H,33,40)/t28-,29-/m0/s1. The van der Waals surface area contributed by atoms with Gasteiger partial charge >= 0.3 is 12.1 Å². The first-order valence-corrected chi connectivity index (χ1v) is 13.6. The van der Waals surface area contributed by atoms with E-state index in [1.165, 1.54) is 14.9 Å². The van der Waals surface area contributed by atoms with Gasteiger partial charge in [0.1, 0.15) is 18.0 Å². The molecule has 0 bridgehead atoms. The second-order valence-electron chi connectivity index (χ2n) is 10.4. The highest BCUT2D eigenvalue weighted by Crippen LogP contribution is 2.32. The van der Waals surface area contributed by atoms with Crippen LogP contribution in [0.5, 0.6) is 5.75 Å². The quantitative estimate of drug-likeness (QED) is 0.375.